The summed E-state index contributed by atoms with van der Waals surface area (Å²) in [5.74, 6) is 6.48. The number of esters is 1. The highest BCUT2D eigenvalue weighted by Crippen LogP contribution is 2.28. The van der Waals surface area contributed by atoms with Gasteiger partial charge in [-0.25, -0.2) is 4.79 Å². The molecule has 3 rings (SSSR count). The summed E-state index contributed by atoms with van der Waals surface area (Å²) in [5.41, 5.74) is 1.26. The predicted molar refractivity (Wildman–Crippen MR) is 92.5 cm³/mol. The molecule has 0 radical (unpaired) electrons. The molecule has 0 aromatic heterocycles. The summed E-state index contributed by atoms with van der Waals surface area (Å²) in [5, 5.41) is 0. The summed E-state index contributed by atoms with van der Waals surface area (Å²) in [4.78, 5) is 14.7. The predicted octanol–water partition coefficient (Wildman–Crippen LogP) is 3.06. The van der Waals surface area contributed by atoms with Gasteiger partial charge in [-0.2, -0.15) is 0 Å². The van der Waals surface area contributed by atoms with Crippen molar-refractivity contribution >= 4 is 5.97 Å². The van der Waals surface area contributed by atoms with E-state index in [2.05, 4.69) is 16.7 Å². The van der Waals surface area contributed by atoms with E-state index in [0.717, 1.165) is 18.4 Å². The first-order chi connectivity index (χ1) is 11.5. The van der Waals surface area contributed by atoms with Crippen LogP contribution in [-0.4, -0.2) is 43.4 Å². The normalized spacial score (nSPS) is 26.6. The van der Waals surface area contributed by atoms with Gasteiger partial charge in [-0.3, -0.25) is 0 Å². The highest BCUT2D eigenvalue weighted by molar-refractivity contribution is 5.92. The van der Waals surface area contributed by atoms with Crippen molar-refractivity contribution in [1.29, 1.82) is 0 Å². The molecule has 1 saturated carbocycles. The standard InChI is InChI=1S/C20H25NO3/c1-14-18(21(2)3)12-13-19(23-14)24-20(22)17-7-5-4-6-16(17)11-10-15-8-9-15/h4-7,14-15,18-19H,8-9,12-13H2,1-3H3. The summed E-state index contributed by atoms with van der Waals surface area (Å²) < 4.78 is 11.5. The number of hydrogen-bond donors (Lipinski definition) is 0. The van der Waals surface area contributed by atoms with Gasteiger partial charge in [0.05, 0.1) is 11.7 Å². The van der Waals surface area contributed by atoms with E-state index >= 15 is 0 Å². The van der Waals surface area contributed by atoms with Crippen LogP contribution < -0.4 is 0 Å². The number of carbonyl (C=O) groups excluding carboxylic acids is 1. The van der Waals surface area contributed by atoms with Crippen molar-refractivity contribution in [3.8, 4) is 11.8 Å². The Kier molecular flexibility index (Phi) is 5.23. The van der Waals surface area contributed by atoms with E-state index in [9.17, 15) is 4.79 Å². The molecule has 3 atom stereocenters. The fourth-order valence-corrected chi connectivity index (χ4v) is 3.06. The molecule has 1 aromatic carbocycles. The van der Waals surface area contributed by atoms with E-state index in [1.54, 1.807) is 6.07 Å². The largest absolute Gasteiger partial charge is 0.432 e. The van der Waals surface area contributed by atoms with Gasteiger partial charge in [-0.15, -0.1) is 0 Å². The van der Waals surface area contributed by atoms with Gasteiger partial charge in [0.1, 0.15) is 0 Å². The van der Waals surface area contributed by atoms with Crippen LogP contribution in [0.4, 0.5) is 0 Å². The summed E-state index contributed by atoms with van der Waals surface area (Å²) >= 11 is 0. The van der Waals surface area contributed by atoms with Crippen LogP contribution in [0.15, 0.2) is 24.3 Å². The van der Waals surface area contributed by atoms with Gasteiger partial charge in [0.2, 0.25) is 6.29 Å². The fraction of sp³-hybridized carbons (Fsp3) is 0.550. The number of hydrogen-bond acceptors (Lipinski definition) is 4. The van der Waals surface area contributed by atoms with Gasteiger partial charge in [0, 0.05) is 23.9 Å². The Bertz CT molecular complexity index is 654. The molecule has 1 heterocycles. The number of carbonyl (C=O) groups is 1. The van der Waals surface area contributed by atoms with E-state index in [1.807, 2.05) is 39.2 Å². The Morgan fingerprint density at radius 3 is 2.62 bits per heavy atom. The Morgan fingerprint density at radius 1 is 1.21 bits per heavy atom. The molecule has 1 aliphatic carbocycles. The van der Waals surface area contributed by atoms with Crippen LogP contribution in [-0.2, 0) is 9.47 Å². The highest BCUT2D eigenvalue weighted by atomic mass is 16.7. The molecule has 0 spiro atoms. The van der Waals surface area contributed by atoms with Crippen molar-refractivity contribution in [2.75, 3.05) is 14.1 Å². The molecular weight excluding hydrogens is 302 g/mol. The van der Waals surface area contributed by atoms with Gasteiger partial charge in [0.15, 0.2) is 0 Å². The summed E-state index contributed by atoms with van der Waals surface area (Å²) in [6, 6.07) is 7.74. The zero-order chi connectivity index (χ0) is 17.1. The average Bonchev–Trinajstić information content (AvgIpc) is 3.37. The van der Waals surface area contributed by atoms with E-state index < -0.39 is 6.29 Å². The second-order valence-corrected chi connectivity index (χ2v) is 6.87. The minimum Gasteiger partial charge on any atom is -0.432 e. The zero-order valence-electron chi connectivity index (χ0n) is 14.6. The minimum atomic E-state index is -0.479. The lowest BCUT2D eigenvalue weighted by Gasteiger charge is -2.37. The summed E-state index contributed by atoms with van der Waals surface area (Å²) in [6.45, 7) is 2.03. The zero-order valence-corrected chi connectivity index (χ0v) is 14.6. The minimum absolute atomic E-state index is 0.0384. The maximum atomic E-state index is 12.5. The molecule has 3 unspecified atom stereocenters. The van der Waals surface area contributed by atoms with Crippen LogP contribution in [0.5, 0.6) is 0 Å². The molecule has 4 heteroatoms. The number of benzene rings is 1. The second-order valence-electron chi connectivity index (χ2n) is 6.87. The molecule has 0 amide bonds. The quantitative estimate of drug-likeness (QED) is 0.632. The molecule has 1 aromatic rings. The van der Waals surface area contributed by atoms with E-state index in [0.29, 0.717) is 17.5 Å². The monoisotopic (exact) mass is 327 g/mol. The number of likely N-dealkylation sites (N-methyl/N-ethyl adjacent to an activating group) is 1. The lowest BCUT2D eigenvalue weighted by atomic mass is 10.0. The lowest BCUT2D eigenvalue weighted by Crippen LogP contribution is -2.46. The van der Waals surface area contributed by atoms with Crippen LogP contribution in [0.3, 0.4) is 0 Å². The molecule has 24 heavy (non-hydrogen) atoms. The maximum absolute atomic E-state index is 12.5. The van der Waals surface area contributed by atoms with Crippen LogP contribution in [0.25, 0.3) is 0 Å². The van der Waals surface area contributed by atoms with Crippen molar-refractivity contribution < 1.29 is 14.3 Å². The van der Waals surface area contributed by atoms with Crippen molar-refractivity contribution in [3.05, 3.63) is 35.4 Å². The molecular formula is C20H25NO3. The second kappa shape index (κ2) is 7.38. The van der Waals surface area contributed by atoms with Gasteiger partial charge in [0.25, 0.3) is 0 Å². The van der Waals surface area contributed by atoms with Gasteiger partial charge in [-0.05, 0) is 52.4 Å². The van der Waals surface area contributed by atoms with Crippen molar-refractivity contribution in [2.24, 2.45) is 5.92 Å². The Labute approximate surface area is 144 Å². The SMILES string of the molecule is CC1OC(OC(=O)c2ccccc2C#CC2CC2)CCC1N(C)C. The van der Waals surface area contributed by atoms with E-state index in [4.69, 9.17) is 9.47 Å². The van der Waals surface area contributed by atoms with Crippen LogP contribution in [0, 0.1) is 17.8 Å². The van der Waals surface area contributed by atoms with Gasteiger partial charge in [-0.1, -0.05) is 24.0 Å². The van der Waals surface area contributed by atoms with Crippen molar-refractivity contribution in [1.82, 2.24) is 4.90 Å². The van der Waals surface area contributed by atoms with Gasteiger partial charge >= 0.3 is 5.97 Å². The molecule has 0 N–H and O–H groups in total. The van der Waals surface area contributed by atoms with Crippen molar-refractivity contribution in [2.45, 2.75) is 51.0 Å². The molecule has 4 nitrogen and oxygen atoms in total. The van der Waals surface area contributed by atoms with Crippen LogP contribution >= 0.6 is 0 Å². The third-order valence-corrected chi connectivity index (χ3v) is 4.64. The Morgan fingerprint density at radius 2 is 1.96 bits per heavy atom. The number of nitrogens with zero attached hydrogens (tertiary/aromatic N) is 1. The topological polar surface area (TPSA) is 38.8 Å². The number of ether oxygens (including phenoxy) is 2. The van der Waals surface area contributed by atoms with E-state index in [-0.39, 0.29) is 12.1 Å². The summed E-state index contributed by atoms with van der Waals surface area (Å²) in [6.07, 6.45) is 3.56. The first-order valence-electron chi connectivity index (χ1n) is 8.68. The number of rotatable bonds is 3. The fourth-order valence-electron chi connectivity index (χ4n) is 3.06. The smallest absolute Gasteiger partial charge is 0.341 e. The lowest BCUT2D eigenvalue weighted by molar-refractivity contribution is -0.179. The first kappa shape index (κ1) is 17.0. The molecule has 2 aliphatic rings. The van der Waals surface area contributed by atoms with E-state index in [1.165, 1.54) is 12.8 Å². The van der Waals surface area contributed by atoms with Gasteiger partial charge < -0.3 is 14.4 Å². The van der Waals surface area contributed by atoms with Crippen molar-refractivity contribution in [3.63, 3.8) is 0 Å². The highest BCUT2D eigenvalue weighted by Gasteiger charge is 2.31. The molecule has 2 fully saturated rings. The molecule has 128 valence electrons. The molecule has 1 saturated heterocycles. The first-order valence-corrected chi connectivity index (χ1v) is 8.68. The Balaban J connectivity index is 1.65. The summed E-state index contributed by atoms with van der Waals surface area (Å²) in [7, 11) is 4.09. The third kappa shape index (κ3) is 4.17. The maximum Gasteiger partial charge on any atom is 0.341 e. The van der Waals surface area contributed by atoms with Crippen LogP contribution in [0.2, 0.25) is 0 Å². The molecule has 1 aliphatic heterocycles. The average molecular weight is 327 g/mol. The third-order valence-electron chi connectivity index (χ3n) is 4.64. The molecule has 0 bridgehead atoms. The van der Waals surface area contributed by atoms with Crippen LogP contribution in [0.1, 0.15) is 48.5 Å². The Hall–Kier alpha value is -1.83.